The van der Waals surface area contributed by atoms with Gasteiger partial charge >= 0.3 is 0 Å². The van der Waals surface area contributed by atoms with Crippen molar-refractivity contribution in [2.24, 2.45) is 0 Å². The largest absolute Gasteiger partial charge is 0.504 e. The minimum absolute atomic E-state index is 0.172. The first kappa shape index (κ1) is 17.4. The normalized spacial score (nSPS) is 10.3. The van der Waals surface area contributed by atoms with E-state index in [4.69, 9.17) is 9.47 Å². The van der Waals surface area contributed by atoms with Gasteiger partial charge in [-0.1, -0.05) is 48.6 Å². The molecule has 22 heavy (non-hydrogen) atoms. The fourth-order valence-electron chi connectivity index (χ4n) is 1.70. The highest BCUT2D eigenvalue weighted by Gasteiger charge is 1.99. The van der Waals surface area contributed by atoms with Crippen molar-refractivity contribution in [3.05, 3.63) is 72.0 Å². The summed E-state index contributed by atoms with van der Waals surface area (Å²) in [5.74, 6) is 0.677. The van der Waals surface area contributed by atoms with E-state index in [1.165, 1.54) is 7.11 Å². The number of aromatic hydroxyl groups is 1. The Kier molecular flexibility index (Phi) is 7.98. The Hall–Kier alpha value is -2.68. The molecule has 116 valence electrons. The highest BCUT2D eigenvalue weighted by atomic mass is 16.5. The van der Waals surface area contributed by atoms with E-state index in [9.17, 15) is 5.11 Å². The maximum atomic E-state index is 9.25. The van der Waals surface area contributed by atoms with Crippen molar-refractivity contribution < 1.29 is 14.6 Å². The van der Waals surface area contributed by atoms with Crippen LogP contribution in [0.5, 0.6) is 11.5 Å². The van der Waals surface area contributed by atoms with Crippen LogP contribution in [-0.4, -0.2) is 19.3 Å². The lowest BCUT2D eigenvalue weighted by atomic mass is 10.2. The summed E-state index contributed by atoms with van der Waals surface area (Å²) in [7, 11) is 3.17. The van der Waals surface area contributed by atoms with Gasteiger partial charge in [0.25, 0.3) is 0 Å². The molecule has 0 spiro atoms. The molecule has 0 unspecified atom stereocenters. The SMILES string of the molecule is CC=Cc1ccc(O)c(OC)c1.COC=Cc1ccccc1. The molecular formula is C19H22O3. The molecule has 3 heteroatoms. The quantitative estimate of drug-likeness (QED) is 0.829. The maximum Gasteiger partial charge on any atom is 0.161 e. The van der Waals surface area contributed by atoms with Crippen molar-refractivity contribution in [1.29, 1.82) is 0 Å². The number of phenolic OH excluding ortho intramolecular Hbond substituents is 1. The molecule has 0 aliphatic rings. The molecule has 0 fully saturated rings. The van der Waals surface area contributed by atoms with Crippen molar-refractivity contribution in [2.45, 2.75) is 6.92 Å². The third-order valence-corrected chi connectivity index (χ3v) is 2.76. The molecule has 1 N–H and O–H groups in total. The summed E-state index contributed by atoms with van der Waals surface area (Å²) in [6, 6.07) is 15.3. The Morgan fingerprint density at radius 1 is 0.909 bits per heavy atom. The molecule has 0 radical (unpaired) electrons. The van der Waals surface area contributed by atoms with Gasteiger partial charge in [-0.2, -0.15) is 0 Å². The third kappa shape index (κ3) is 6.18. The topological polar surface area (TPSA) is 38.7 Å². The van der Waals surface area contributed by atoms with Crippen LogP contribution in [0.2, 0.25) is 0 Å². The lowest BCUT2D eigenvalue weighted by Crippen LogP contribution is -1.83. The molecular weight excluding hydrogens is 276 g/mol. The van der Waals surface area contributed by atoms with Gasteiger partial charge in [-0.05, 0) is 36.3 Å². The van der Waals surface area contributed by atoms with E-state index in [1.54, 1.807) is 25.5 Å². The smallest absolute Gasteiger partial charge is 0.161 e. The van der Waals surface area contributed by atoms with Gasteiger partial charge in [0.1, 0.15) is 0 Å². The van der Waals surface area contributed by atoms with Crippen LogP contribution in [-0.2, 0) is 4.74 Å². The van der Waals surface area contributed by atoms with Gasteiger partial charge in [0, 0.05) is 0 Å². The zero-order valence-corrected chi connectivity index (χ0v) is 13.2. The molecule has 0 saturated carbocycles. The van der Waals surface area contributed by atoms with Crippen LogP contribution >= 0.6 is 0 Å². The van der Waals surface area contributed by atoms with E-state index < -0.39 is 0 Å². The van der Waals surface area contributed by atoms with Crippen molar-refractivity contribution in [2.75, 3.05) is 14.2 Å². The molecule has 3 nitrogen and oxygen atoms in total. The molecule has 2 aromatic rings. The summed E-state index contributed by atoms with van der Waals surface area (Å²) >= 11 is 0. The summed E-state index contributed by atoms with van der Waals surface area (Å²) in [5, 5.41) is 9.25. The van der Waals surface area contributed by atoms with Crippen molar-refractivity contribution in [3.8, 4) is 11.5 Å². The van der Waals surface area contributed by atoms with E-state index in [0.717, 1.165) is 11.1 Å². The number of hydrogen-bond donors (Lipinski definition) is 1. The highest BCUT2D eigenvalue weighted by molar-refractivity contribution is 5.55. The van der Waals surface area contributed by atoms with Crippen LogP contribution in [0.4, 0.5) is 0 Å². The van der Waals surface area contributed by atoms with E-state index in [0.29, 0.717) is 5.75 Å². The second kappa shape index (κ2) is 10.1. The van der Waals surface area contributed by atoms with E-state index >= 15 is 0 Å². The second-order valence-electron chi connectivity index (χ2n) is 4.38. The fraction of sp³-hybridized carbons (Fsp3) is 0.158. The number of phenols is 1. The molecule has 0 aromatic heterocycles. The van der Waals surface area contributed by atoms with E-state index in [-0.39, 0.29) is 5.75 Å². The number of rotatable bonds is 4. The summed E-state index contributed by atoms with van der Waals surface area (Å²) in [6.07, 6.45) is 7.46. The minimum atomic E-state index is 0.172. The van der Waals surface area contributed by atoms with Gasteiger partial charge in [0.05, 0.1) is 20.5 Å². The van der Waals surface area contributed by atoms with E-state index in [1.807, 2.05) is 61.5 Å². The standard InChI is InChI=1S/C10H12O2.C9H10O/c1-3-4-8-5-6-9(11)10(7-8)12-2;1-10-8-7-9-5-3-2-4-6-9/h3-7,11H,1-2H3;2-8H,1H3. The number of hydrogen-bond acceptors (Lipinski definition) is 3. The van der Waals surface area contributed by atoms with Gasteiger partial charge < -0.3 is 14.6 Å². The number of methoxy groups -OCH3 is 2. The van der Waals surface area contributed by atoms with Gasteiger partial charge in [-0.15, -0.1) is 0 Å². The van der Waals surface area contributed by atoms with Gasteiger partial charge in [0.15, 0.2) is 11.5 Å². The summed E-state index contributed by atoms with van der Waals surface area (Å²) < 4.78 is 9.71. The summed E-state index contributed by atoms with van der Waals surface area (Å²) in [6.45, 7) is 1.94. The third-order valence-electron chi connectivity index (χ3n) is 2.76. The lowest BCUT2D eigenvalue weighted by molar-refractivity contribution is 0.341. The first-order valence-electron chi connectivity index (χ1n) is 6.95. The first-order valence-corrected chi connectivity index (χ1v) is 6.95. The number of benzene rings is 2. The maximum absolute atomic E-state index is 9.25. The Balaban J connectivity index is 0.000000224. The molecule has 0 aliphatic heterocycles. The van der Waals surface area contributed by atoms with Crippen LogP contribution in [0.3, 0.4) is 0 Å². The fourth-order valence-corrected chi connectivity index (χ4v) is 1.70. The van der Waals surface area contributed by atoms with Crippen LogP contribution in [0.1, 0.15) is 18.1 Å². The van der Waals surface area contributed by atoms with Crippen LogP contribution in [0.25, 0.3) is 12.2 Å². The van der Waals surface area contributed by atoms with Crippen LogP contribution in [0, 0.1) is 0 Å². The zero-order chi connectivity index (χ0) is 16.2. The monoisotopic (exact) mass is 298 g/mol. The molecule has 0 bridgehead atoms. The van der Waals surface area contributed by atoms with Crippen molar-refractivity contribution in [1.82, 2.24) is 0 Å². The molecule has 2 aromatic carbocycles. The Bertz CT molecular complexity index is 601. The molecule has 2 rings (SSSR count). The molecule has 0 aliphatic carbocycles. The molecule has 0 amide bonds. The first-order chi connectivity index (χ1) is 10.7. The average Bonchev–Trinajstić information content (AvgIpc) is 2.56. The van der Waals surface area contributed by atoms with Crippen LogP contribution in [0.15, 0.2) is 60.9 Å². The average molecular weight is 298 g/mol. The number of ether oxygens (including phenoxy) is 2. The second-order valence-corrected chi connectivity index (χ2v) is 4.38. The van der Waals surface area contributed by atoms with Gasteiger partial charge in [-0.25, -0.2) is 0 Å². The Morgan fingerprint density at radius 2 is 1.64 bits per heavy atom. The molecule has 0 heterocycles. The van der Waals surface area contributed by atoms with Gasteiger partial charge in [0.2, 0.25) is 0 Å². The lowest BCUT2D eigenvalue weighted by Gasteiger charge is -2.03. The van der Waals surface area contributed by atoms with Gasteiger partial charge in [-0.3, -0.25) is 0 Å². The van der Waals surface area contributed by atoms with Crippen LogP contribution < -0.4 is 4.74 Å². The summed E-state index contributed by atoms with van der Waals surface area (Å²) in [5.41, 5.74) is 2.18. The Morgan fingerprint density at radius 3 is 2.23 bits per heavy atom. The summed E-state index contributed by atoms with van der Waals surface area (Å²) in [4.78, 5) is 0. The predicted octanol–water partition coefficient (Wildman–Crippen LogP) is 4.74. The predicted molar refractivity (Wildman–Crippen MR) is 91.9 cm³/mol. The number of allylic oxidation sites excluding steroid dienone is 1. The van der Waals surface area contributed by atoms with Crippen molar-refractivity contribution in [3.63, 3.8) is 0 Å². The van der Waals surface area contributed by atoms with Crippen molar-refractivity contribution >= 4 is 12.2 Å². The molecule has 0 atom stereocenters. The Labute approximate surface area is 132 Å². The minimum Gasteiger partial charge on any atom is -0.504 e. The zero-order valence-electron chi connectivity index (χ0n) is 13.2. The molecule has 0 saturated heterocycles. The highest BCUT2D eigenvalue weighted by Crippen LogP contribution is 2.26. The van der Waals surface area contributed by atoms with E-state index in [2.05, 4.69) is 0 Å².